The van der Waals surface area contributed by atoms with Crippen molar-refractivity contribution in [2.75, 3.05) is 42.9 Å². The molecule has 15 nitrogen and oxygen atoms in total. The van der Waals surface area contributed by atoms with Crippen molar-refractivity contribution < 1.29 is 23.2 Å². The fourth-order valence-electron chi connectivity index (χ4n) is 9.67. The number of benzene rings is 2. The zero-order valence-corrected chi connectivity index (χ0v) is 33.9. The second-order valence-electron chi connectivity index (χ2n) is 16.9. The van der Waals surface area contributed by atoms with E-state index in [0.717, 1.165) is 83.0 Å². The fraction of sp³-hybridized carbons (Fsp3) is 0.444. The van der Waals surface area contributed by atoms with Gasteiger partial charge in [0.05, 0.1) is 11.7 Å². The van der Waals surface area contributed by atoms with Crippen molar-refractivity contribution >= 4 is 40.5 Å². The smallest absolute Gasteiger partial charge is 0.408 e. The van der Waals surface area contributed by atoms with Crippen molar-refractivity contribution in [2.45, 2.75) is 82.3 Å². The zero-order valence-electron chi connectivity index (χ0n) is 33.9. The minimum Gasteiger partial charge on any atom is -0.408 e. The number of anilines is 2. The van der Waals surface area contributed by atoms with Gasteiger partial charge in [-0.3, -0.25) is 33.6 Å². The van der Waals surface area contributed by atoms with Gasteiger partial charge in [-0.2, -0.15) is 0 Å². The van der Waals surface area contributed by atoms with Crippen molar-refractivity contribution in [1.29, 1.82) is 0 Å². The number of piperidine rings is 3. The lowest BCUT2D eigenvalue weighted by molar-refractivity contribution is -0.135. The monoisotopic (exact) mass is 831 g/mol. The summed E-state index contributed by atoms with van der Waals surface area (Å²) in [6, 6.07) is 17.3. The maximum Gasteiger partial charge on any atom is 0.420 e. The fourth-order valence-corrected chi connectivity index (χ4v) is 9.67. The van der Waals surface area contributed by atoms with Crippen LogP contribution < -0.4 is 32.2 Å². The lowest BCUT2D eigenvalue weighted by Crippen LogP contribution is -2.49. The molecule has 16 heteroatoms. The molecular formula is C45H50FN9O6. The van der Waals surface area contributed by atoms with Crippen LogP contribution in [0.3, 0.4) is 0 Å². The molecule has 1 saturated carbocycles. The Morgan fingerprint density at radius 3 is 2.52 bits per heavy atom. The first-order valence-corrected chi connectivity index (χ1v) is 21.5. The maximum absolute atomic E-state index is 15.0. The number of amides is 3. The molecule has 5 aromatic rings. The molecule has 3 N–H and O–H groups in total. The average molecular weight is 832 g/mol. The summed E-state index contributed by atoms with van der Waals surface area (Å²) in [6.07, 6.45) is 10.6. The second-order valence-corrected chi connectivity index (χ2v) is 16.9. The van der Waals surface area contributed by atoms with E-state index in [1.807, 2.05) is 18.2 Å². The van der Waals surface area contributed by atoms with Crippen LogP contribution >= 0.6 is 0 Å². The lowest BCUT2D eigenvalue weighted by atomic mass is 9.85. The summed E-state index contributed by atoms with van der Waals surface area (Å²) in [5, 5.41) is 8.95. The molecule has 3 amide bonds. The number of halogens is 1. The van der Waals surface area contributed by atoms with Gasteiger partial charge in [-0.25, -0.2) is 19.2 Å². The van der Waals surface area contributed by atoms with Crippen molar-refractivity contribution in [3.8, 4) is 16.9 Å². The number of hydrogen-bond acceptors (Lipinski definition) is 11. The first-order chi connectivity index (χ1) is 29.7. The van der Waals surface area contributed by atoms with Crippen LogP contribution in [0.15, 0.2) is 87.1 Å². The van der Waals surface area contributed by atoms with Crippen LogP contribution in [0, 0.1) is 17.7 Å². The molecule has 0 spiro atoms. The summed E-state index contributed by atoms with van der Waals surface area (Å²) < 4.78 is 23.5. The normalized spacial score (nSPS) is 22.0. The molecule has 1 unspecified atom stereocenters. The van der Waals surface area contributed by atoms with Crippen molar-refractivity contribution in [3.05, 3.63) is 99.8 Å². The van der Waals surface area contributed by atoms with Gasteiger partial charge in [0.2, 0.25) is 23.7 Å². The number of oxazole rings is 1. The Hall–Kier alpha value is -6.16. The van der Waals surface area contributed by atoms with Crippen molar-refractivity contribution in [1.82, 2.24) is 34.6 Å². The number of nitrogens with one attached hydrogen (secondary N) is 3. The Labute approximate surface area is 351 Å². The number of rotatable bonds is 10. The molecule has 3 atom stereocenters. The number of nitrogens with zero attached hydrogens (tertiary/aromatic N) is 6. The van der Waals surface area contributed by atoms with Gasteiger partial charge < -0.3 is 24.9 Å². The van der Waals surface area contributed by atoms with Crippen LogP contribution in [0.4, 0.5) is 16.0 Å². The highest BCUT2D eigenvalue weighted by Gasteiger charge is 2.33. The third-order valence-corrected chi connectivity index (χ3v) is 13.0. The van der Waals surface area contributed by atoms with Crippen LogP contribution in [-0.4, -0.2) is 86.5 Å². The van der Waals surface area contributed by atoms with Gasteiger partial charge in [-0.15, -0.1) is 0 Å². The Morgan fingerprint density at radius 2 is 1.72 bits per heavy atom. The minimum atomic E-state index is -0.768. The van der Waals surface area contributed by atoms with E-state index in [4.69, 9.17) is 4.42 Å². The molecule has 61 heavy (non-hydrogen) atoms. The van der Waals surface area contributed by atoms with Gasteiger partial charge in [-0.1, -0.05) is 24.6 Å². The molecular weight excluding hydrogens is 782 g/mol. The van der Waals surface area contributed by atoms with E-state index in [1.54, 1.807) is 42.6 Å². The van der Waals surface area contributed by atoms with E-state index in [2.05, 4.69) is 35.7 Å². The van der Waals surface area contributed by atoms with Gasteiger partial charge in [0.1, 0.15) is 11.7 Å². The van der Waals surface area contributed by atoms with Crippen LogP contribution in [-0.2, 0) is 14.4 Å². The number of carbonyl (C=O) groups is 3. The van der Waals surface area contributed by atoms with Crippen LogP contribution in [0.5, 0.6) is 0 Å². The van der Waals surface area contributed by atoms with E-state index < -0.39 is 23.5 Å². The van der Waals surface area contributed by atoms with Crippen LogP contribution in [0.1, 0.15) is 70.3 Å². The Morgan fingerprint density at radius 1 is 0.885 bits per heavy atom. The summed E-state index contributed by atoms with van der Waals surface area (Å²) in [5.41, 5.74) is 3.04. The van der Waals surface area contributed by atoms with Crippen LogP contribution in [0.2, 0.25) is 0 Å². The highest BCUT2D eigenvalue weighted by Crippen LogP contribution is 2.32. The lowest BCUT2D eigenvalue weighted by Gasteiger charge is -2.42. The maximum atomic E-state index is 15.0. The molecule has 3 aromatic heterocycles. The van der Waals surface area contributed by atoms with E-state index in [-0.39, 0.29) is 47.9 Å². The molecule has 2 aromatic carbocycles. The van der Waals surface area contributed by atoms with Gasteiger partial charge in [0.25, 0.3) is 5.56 Å². The standard InChI is InChI=1S/C45H50FN9O6/c46-35-27-48-44(51-41(35)29-5-4-8-34(24-29)54-18-2-1-9-40(54)57)49-31-7-3-6-30(23-31)42(58)47-26-28-14-19-52(20-15-28)32-16-21-53(22-17-32)33-10-11-36-38(25-33)61-45(60)55(36)37-12-13-39(56)50-43(37)59/h1-2,4-5,8-11,18,24-25,27-28,30-32,37H,3,6-7,12-17,19-23,26H2,(H,47,58)(H,48,49,51)(H,50,56,59)/t30-,31+,37?/m0/s1. The van der Waals surface area contributed by atoms with Gasteiger partial charge in [-0.05, 0) is 101 Å². The predicted molar refractivity (Wildman–Crippen MR) is 227 cm³/mol. The summed E-state index contributed by atoms with van der Waals surface area (Å²) in [5.74, 6) is -1.29. The highest BCUT2D eigenvalue weighted by molar-refractivity contribution is 6.00. The average Bonchev–Trinajstić information content (AvgIpc) is 3.61. The number of fused-ring (bicyclic) bond motifs is 1. The van der Waals surface area contributed by atoms with E-state index >= 15 is 4.39 Å². The van der Waals surface area contributed by atoms with Gasteiger partial charge >= 0.3 is 5.76 Å². The summed E-state index contributed by atoms with van der Waals surface area (Å²) in [7, 11) is 0. The Balaban J connectivity index is 0.727. The van der Waals surface area contributed by atoms with E-state index in [9.17, 15) is 24.0 Å². The summed E-state index contributed by atoms with van der Waals surface area (Å²) in [4.78, 5) is 76.4. The molecule has 3 saturated heterocycles. The minimum absolute atomic E-state index is 0.0257. The zero-order chi connectivity index (χ0) is 42.0. The molecule has 9 rings (SSSR count). The highest BCUT2D eigenvalue weighted by atomic mass is 19.1. The topological polar surface area (TPSA) is 177 Å². The molecule has 4 fully saturated rings. The SMILES string of the molecule is O=C1CCC(n2c(=O)oc3cc(N4CCC(N5CCC(CNC(=O)[C@H]6CCC[C@@H](Nc7ncc(F)c(-c8cccc(-n9ccccc9=O)c8)n7)C6)CC5)CC4)ccc32)C(=O)N1. The largest absolute Gasteiger partial charge is 0.420 e. The Bertz CT molecular complexity index is 2560. The first-order valence-electron chi connectivity index (χ1n) is 21.5. The quantitative estimate of drug-likeness (QED) is 0.165. The van der Waals surface area contributed by atoms with E-state index in [1.165, 1.54) is 15.2 Å². The Kier molecular flexibility index (Phi) is 11.5. The number of likely N-dealkylation sites (tertiary alicyclic amines) is 1. The van der Waals surface area contributed by atoms with Gasteiger partial charge in [0.15, 0.2) is 11.4 Å². The number of carbonyl (C=O) groups excluding carboxylic acids is 3. The molecule has 1 aliphatic carbocycles. The second kappa shape index (κ2) is 17.4. The molecule has 0 bridgehead atoms. The molecule has 3 aliphatic heterocycles. The van der Waals surface area contributed by atoms with E-state index in [0.29, 0.717) is 53.2 Å². The number of hydrogen-bond donors (Lipinski definition) is 3. The van der Waals surface area contributed by atoms with Crippen molar-refractivity contribution in [3.63, 3.8) is 0 Å². The van der Waals surface area contributed by atoms with Crippen molar-refractivity contribution in [2.24, 2.45) is 11.8 Å². The first kappa shape index (κ1) is 40.3. The molecule has 4 aliphatic rings. The van der Waals surface area contributed by atoms with Gasteiger partial charge in [0, 0.05) is 79.3 Å². The molecule has 0 radical (unpaired) electrons. The number of pyridine rings is 1. The number of imide groups is 1. The molecule has 6 heterocycles. The summed E-state index contributed by atoms with van der Waals surface area (Å²) >= 11 is 0. The number of aromatic nitrogens is 4. The summed E-state index contributed by atoms with van der Waals surface area (Å²) in [6.45, 7) is 4.42. The third-order valence-electron chi connectivity index (χ3n) is 13.0. The van der Waals surface area contributed by atoms with Crippen LogP contribution in [0.25, 0.3) is 28.0 Å². The third kappa shape index (κ3) is 8.72. The predicted octanol–water partition coefficient (Wildman–Crippen LogP) is 4.79. The molecule has 318 valence electrons.